The highest BCUT2D eigenvalue weighted by molar-refractivity contribution is 6.33. The number of nitrogens with zero attached hydrogens (tertiary/aromatic N) is 1. The summed E-state index contributed by atoms with van der Waals surface area (Å²) in [5, 5.41) is 10.9. The van der Waals surface area contributed by atoms with Gasteiger partial charge in [-0.3, -0.25) is 0 Å². The van der Waals surface area contributed by atoms with E-state index in [1.807, 2.05) is 12.1 Å². The van der Waals surface area contributed by atoms with Crippen molar-refractivity contribution in [3.63, 3.8) is 0 Å². The summed E-state index contributed by atoms with van der Waals surface area (Å²) >= 11 is 6.26. The number of rotatable bonds is 4. The van der Waals surface area contributed by atoms with Crippen molar-refractivity contribution < 1.29 is 19.4 Å². The molecule has 0 bridgehead atoms. The maximum atomic E-state index is 11.8. The first-order valence-electron chi connectivity index (χ1n) is 8.09. The molecule has 2 N–H and O–H groups in total. The molecule has 2 aromatic carbocycles. The lowest BCUT2D eigenvalue weighted by atomic mass is 10.1. The van der Waals surface area contributed by atoms with E-state index in [1.165, 1.54) is 7.11 Å². The molecule has 136 valence electrons. The first-order chi connectivity index (χ1) is 13.0. The van der Waals surface area contributed by atoms with Crippen LogP contribution in [0.1, 0.15) is 10.4 Å². The number of halogens is 1. The molecule has 0 saturated heterocycles. The van der Waals surface area contributed by atoms with Gasteiger partial charge in [0.05, 0.1) is 47.0 Å². The summed E-state index contributed by atoms with van der Waals surface area (Å²) < 4.78 is 10.4. The van der Waals surface area contributed by atoms with Crippen molar-refractivity contribution in [3.05, 3.63) is 53.1 Å². The van der Waals surface area contributed by atoms with Gasteiger partial charge in [0.1, 0.15) is 11.5 Å². The number of H-pyrrole nitrogens is 1. The number of methoxy groups -OCH3 is 2. The van der Waals surface area contributed by atoms with Crippen molar-refractivity contribution >= 4 is 39.5 Å². The lowest BCUT2D eigenvalue weighted by molar-refractivity contribution is 0.0699. The molecule has 7 heteroatoms. The maximum Gasteiger partial charge on any atom is 0.337 e. The fourth-order valence-corrected chi connectivity index (χ4v) is 3.33. The van der Waals surface area contributed by atoms with Crippen LogP contribution in [0, 0.1) is 0 Å². The molecular formula is C20H15ClN2O4. The third-order valence-corrected chi connectivity index (χ3v) is 4.74. The van der Waals surface area contributed by atoms with Gasteiger partial charge >= 0.3 is 5.97 Å². The standard InChI is InChI=1S/C20H15ClN2O4/c1-26-11-5-3-10(4-6-11)15-8-13(20(24)25)19-18(22-15)12-7-14(21)17(27-2)9-16(12)23-19/h3-9,23H,1-2H3,(H,24,25). The number of hydrogen-bond donors (Lipinski definition) is 2. The summed E-state index contributed by atoms with van der Waals surface area (Å²) in [4.78, 5) is 19.7. The Morgan fingerprint density at radius 3 is 2.48 bits per heavy atom. The molecule has 2 heterocycles. The van der Waals surface area contributed by atoms with Crippen molar-refractivity contribution in [1.82, 2.24) is 9.97 Å². The van der Waals surface area contributed by atoms with Gasteiger partial charge in [-0.05, 0) is 36.4 Å². The van der Waals surface area contributed by atoms with E-state index in [0.29, 0.717) is 38.8 Å². The van der Waals surface area contributed by atoms with Gasteiger partial charge in [0.2, 0.25) is 0 Å². The molecule has 0 unspecified atom stereocenters. The Morgan fingerprint density at radius 2 is 1.85 bits per heavy atom. The second-order valence-electron chi connectivity index (χ2n) is 5.97. The second-order valence-corrected chi connectivity index (χ2v) is 6.38. The van der Waals surface area contributed by atoms with Gasteiger partial charge in [0.15, 0.2) is 0 Å². The number of hydrogen-bond acceptors (Lipinski definition) is 4. The lowest BCUT2D eigenvalue weighted by Crippen LogP contribution is -2.00. The first-order valence-corrected chi connectivity index (χ1v) is 8.47. The van der Waals surface area contributed by atoms with Crippen molar-refractivity contribution in [2.45, 2.75) is 0 Å². The minimum absolute atomic E-state index is 0.136. The number of carboxylic acid groups (broad SMARTS) is 1. The fraction of sp³-hybridized carbons (Fsp3) is 0.100. The van der Waals surface area contributed by atoms with E-state index < -0.39 is 5.97 Å². The minimum Gasteiger partial charge on any atom is -0.497 e. The number of aromatic carboxylic acids is 1. The highest BCUT2D eigenvalue weighted by Gasteiger charge is 2.18. The first kappa shape index (κ1) is 17.2. The van der Waals surface area contributed by atoms with Crippen LogP contribution in [0.5, 0.6) is 11.5 Å². The molecule has 0 saturated carbocycles. The zero-order chi connectivity index (χ0) is 19.1. The topological polar surface area (TPSA) is 84.4 Å². The number of aromatic nitrogens is 2. The molecule has 2 aromatic heterocycles. The average molecular weight is 383 g/mol. The van der Waals surface area contributed by atoms with Crippen LogP contribution in [0.4, 0.5) is 0 Å². The molecule has 27 heavy (non-hydrogen) atoms. The smallest absolute Gasteiger partial charge is 0.337 e. The highest BCUT2D eigenvalue weighted by atomic mass is 35.5. The van der Waals surface area contributed by atoms with Crippen LogP contribution < -0.4 is 9.47 Å². The van der Waals surface area contributed by atoms with Crippen LogP contribution in [-0.2, 0) is 0 Å². The van der Waals surface area contributed by atoms with E-state index in [9.17, 15) is 9.90 Å². The Morgan fingerprint density at radius 1 is 1.11 bits per heavy atom. The molecular weight excluding hydrogens is 368 g/mol. The van der Waals surface area contributed by atoms with Gasteiger partial charge < -0.3 is 19.6 Å². The molecule has 0 fully saturated rings. The quantitative estimate of drug-likeness (QED) is 0.532. The van der Waals surface area contributed by atoms with Crippen molar-refractivity contribution in [3.8, 4) is 22.8 Å². The largest absolute Gasteiger partial charge is 0.497 e. The van der Waals surface area contributed by atoms with Crippen LogP contribution in [-0.4, -0.2) is 35.3 Å². The number of nitrogens with one attached hydrogen (secondary N) is 1. The zero-order valence-electron chi connectivity index (χ0n) is 14.5. The summed E-state index contributed by atoms with van der Waals surface area (Å²) in [5.41, 5.74) is 3.16. The Balaban J connectivity index is 2.02. The Hall–Kier alpha value is -3.25. The van der Waals surface area contributed by atoms with Crippen LogP contribution in [0.2, 0.25) is 5.02 Å². The molecule has 0 aliphatic rings. The van der Waals surface area contributed by atoms with Gasteiger partial charge in [0.25, 0.3) is 0 Å². The number of carboxylic acids is 1. The molecule has 0 aliphatic carbocycles. The van der Waals surface area contributed by atoms with E-state index in [0.717, 1.165) is 10.9 Å². The molecule has 0 radical (unpaired) electrons. The van der Waals surface area contributed by atoms with E-state index in [-0.39, 0.29) is 5.56 Å². The Labute approximate surface area is 159 Å². The molecule has 0 aliphatic heterocycles. The van der Waals surface area contributed by atoms with Crippen LogP contribution >= 0.6 is 11.6 Å². The van der Waals surface area contributed by atoms with Gasteiger partial charge in [-0.1, -0.05) is 11.6 Å². The number of pyridine rings is 1. The van der Waals surface area contributed by atoms with Gasteiger partial charge in [-0.15, -0.1) is 0 Å². The maximum absolute atomic E-state index is 11.8. The molecule has 0 atom stereocenters. The van der Waals surface area contributed by atoms with Crippen LogP contribution in [0.25, 0.3) is 33.2 Å². The summed E-state index contributed by atoms with van der Waals surface area (Å²) in [6.07, 6.45) is 0. The van der Waals surface area contributed by atoms with E-state index in [4.69, 9.17) is 26.1 Å². The summed E-state index contributed by atoms with van der Waals surface area (Å²) in [6.45, 7) is 0. The second kappa shape index (κ2) is 6.48. The van der Waals surface area contributed by atoms with E-state index in [2.05, 4.69) is 4.98 Å². The molecule has 6 nitrogen and oxygen atoms in total. The number of aromatic amines is 1. The monoisotopic (exact) mass is 382 g/mol. The van der Waals surface area contributed by atoms with Crippen molar-refractivity contribution in [1.29, 1.82) is 0 Å². The third kappa shape index (κ3) is 2.84. The minimum atomic E-state index is -1.04. The molecule has 0 amide bonds. The predicted molar refractivity (Wildman–Crippen MR) is 104 cm³/mol. The van der Waals surface area contributed by atoms with Crippen LogP contribution in [0.3, 0.4) is 0 Å². The lowest BCUT2D eigenvalue weighted by Gasteiger charge is -2.06. The fourth-order valence-electron chi connectivity index (χ4n) is 3.09. The molecule has 4 aromatic rings. The van der Waals surface area contributed by atoms with Crippen molar-refractivity contribution in [2.75, 3.05) is 14.2 Å². The summed E-state index contributed by atoms with van der Waals surface area (Å²) in [5.74, 6) is 0.175. The summed E-state index contributed by atoms with van der Waals surface area (Å²) in [7, 11) is 3.12. The Kier molecular flexibility index (Phi) is 4.12. The number of fused-ring (bicyclic) bond motifs is 3. The normalized spacial score (nSPS) is 11.1. The average Bonchev–Trinajstić information content (AvgIpc) is 3.03. The predicted octanol–water partition coefficient (Wildman–Crippen LogP) is 4.75. The molecule has 0 spiro atoms. The Bertz CT molecular complexity index is 1180. The van der Waals surface area contributed by atoms with Crippen molar-refractivity contribution in [2.24, 2.45) is 0 Å². The van der Waals surface area contributed by atoms with E-state index in [1.54, 1.807) is 37.4 Å². The van der Waals surface area contributed by atoms with Gasteiger partial charge in [0, 0.05) is 17.0 Å². The zero-order valence-corrected chi connectivity index (χ0v) is 15.3. The third-order valence-electron chi connectivity index (χ3n) is 4.44. The SMILES string of the molecule is COc1ccc(-c2cc(C(=O)O)c3[nH]c4cc(OC)c(Cl)cc4c3n2)cc1. The number of carbonyl (C=O) groups is 1. The van der Waals surface area contributed by atoms with Gasteiger partial charge in [-0.25, -0.2) is 9.78 Å². The van der Waals surface area contributed by atoms with E-state index >= 15 is 0 Å². The highest BCUT2D eigenvalue weighted by Crippen LogP contribution is 2.35. The molecule has 4 rings (SSSR count). The van der Waals surface area contributed by atoms with Crippen LogP contribution in [0.15, 0.2) is 42.5 Å². The number of benzene rings is 2. The summed E-state index contributed by atoms with van der Waals surface area (Å²) in [6, 6.07) is 12.3. The van der Waals surface area contributed by atoms with Gasteiger partial charge in [-0.2, -0.15) is 0 Å². The number of ether oxygens (including phenoxy) is 2.